The van der Waals surface area contributed by atoms with E-state index in [1.54, 1.807) is 19.2 Å². The fourth-order valence-electron chi connectivity index (χ4n) is 7.04. The van der Waals surface area contributed by atoms with Crippen molar-refractivity contribution in [3.05, 3.63) is 93.9 Å². The monoisotopic (exact) mass is 900 g/mol. The maximum Gasteiger partial charge on any atom is 0.124 e. The van der Waals surface area contributed by atoms with Crippen molar-refractivity contribution in [2.75, 3.05) is 118 Å². The van der Waals surface area contributed by atoms with Crippen molar-refractivity contribution < 1.29 is 38.0 Å². The number of benzene rings is 3. The number of hydrogen-bond donors (Lipinski definition) is 0. The number of nitrogens with zero attached hydrogens (tertiary/aromatic N) is 6. The average molecular weight is 900 g/mol. The number of azide groups is 1. The van der Waals surface area contributed by atoms with Gasteiger partial charge < -0.3 is 38.2 Å². The Balaban J connectivity index is 0.000000527. The summed E-state index contributed by atoms with van der Waals surface area (Å²) in [5.74, 6) is 1.95. The summed E-state index contributed by atoms with van der Waals surface area (Å²) in [5, 5.41) is 3.37. The van der Waals surface area contributed by atoms with Crippen LogP contribution in [0.1, 0.15) is 116 Å². The van der Waals surface area contributed by atoms with Gasteiger partial charge in [-0.3, -0.25) is 4.90 Å². The summed E-state index contributed by atoms with van der Waals surface area (Å²) in [6.07, 6.45) is 2.54. The number of ether oxygens (including phenoxy) is 6. The lowest BCUT2D eigenvalue weighted by Crippen LogP contribution is -2.52. The van der Waals surface area contributed by atoms with Crippen LogP contribution in [0.4, 0.5) is 5.69 Å². The van der Waals surface area contributed by atoms with E-state index in [2.05, 4.69) is 108 Å². The third kappa shape index (κ3) is 21.3. The lowest BCUT2D eigenvalue weighted by atomic mass is 9.86. The summed E-state index contributed by atoms with van der Waals surface area (Å²) in [6.45, 7) is 23.2. The van der Waals surface area contributed by atoms with Crippen LogP contribution >= 0.6 is 0 Å². The number of hydrogen-bond acceptors (Lipinski definition) is 10. The lowest BCUT2D eigenvalue weighted by Gasteiger charge is -2.42. The van der Waals surface area contributed by atoms with Crippen LogP contribution < -0.4 is 19.1 Å². The predicted octanol–water partition coefficient (Wildman–Crippen LogP) is 11.2. The van der Waals surface area contributed by atoms with Gasteiger partial charge in [-0.1, -0.05) is 113 Å². The van der Waals surface area contributed by atoms with E-state index in [0.29, 0.717) is 39.6 Å². The fraction of sp³-hybridized carbons (Fsp3) is 0.654. The Bertz CT molecular complexity index is 2000. The molecule has 2 fully saturated rings. The van der Waals surface area contributed by atoms with E-state index in [9.17, 15) is 0 Å². The van der Waals surface area contributed by atoms with E-state index < -0.39 is 20.2 Å². The van der Waals surface area contributed by atoms with Crippen LogP contribution in [-0.4, -0.2) is 129 Å². The zero-order chi connectivity index (χ0) is 51.7. The minimum absolute atomic E-state index is 0. The van der Waals surface area contributed by atoms with Crippen LogP contribution in [0.3, 0.4) is 0 Å². The maximum atomic E-state index is 8.08. The van der Waals surface area contributed by atoms with Gasteiger partial charge >= 0.3 is 0 Å². The van der Waals surface area contributed by atoms with Crippen LogP contribution in [0.5, 0.6) is 17.2 Å². The Morgan fingerprint density at radius 3 is 1.72 bits per heavy atom. The van der Waals surface area contributed by atoms with Crippen molar-refractivity contribution in [2.24, 2.45) is 5.11 Å². The Morgan fingerprint density at radius 1 is 0.688 bits per heavy atom. The van der Waals surface area contributed by atoms with Crippen molar-refractivity contribution in [3.8, 4) is 17.2 Å². The quantitative estimate of drug-likeness (QED) is 0.0565. The topological polar surface area (TPSA) is 114 Å². The minimum Gasteiger partial charge on any atom is -0.496 e. The summed E-state index contributed by atoms with van der Waals surface area (Å²) in [4.78, 5) is 10.3. The molecule has 3 aromatic carbocycles. The molecule has 12 nitrogen and oxygen atoms in total. The van der Waals surface area contributed by atoms with Gasteiger partial charge in [0, 0.05) is 75.6 Å². The summed E-state index contributed by atoms with van der Waals surface area (Å²) in [6, 6.07) is 22.2. The third-order valence-corrected chi connectivity index (χ3v) is 10.8. The first kappa shape index (κ1) is 46.5. The van der Waals surface area contributed by atoms with Gasteiger partial charge in [-0.25, -0.2) is 0 Å². The first-order valence-corrected chi connectivity index (χ1v) is 21.8. The SMILES string of the molecule is C.C.CC(C)(C)c1ccc(OCCOCCOCCN=[N+]=[N-])cc1.COc1cc(N2CCC(N3CCN(C)CC3)CC2)ccc1C(C)(C)C.[2H]C([2H])([2H])OC([2H])([2H])C([2H])([2H])Oc1ccc(C(C)(C)C)cc1. The third-order valence-electron chi connectivity index (χ3n) is 10.8. The van der Waals surface area contributed by atoms with E-state index in [1.807, 2.05) is 32.9 Å². The molecule has 3 aromatic rings. The van der Waals surface area contributed by atoms with Crippen molar-refractivity contribution in [2.45, 2.75) is 112 Å². The Morgan fingerprint density at radius 2 is 1.22 bits per heavy atom. The molecule has 0 amide bonds. The average Bonchev–Trinajstić information content (AvgIpc) is 3.26. The Labute approximate surface area is 399 Å². The molecule has 362 valence electrons. The summed E-state index contributed by atoms with van der Waals surface area (Å²) >= 11 is 0. The maximum absolute atomic E-state index is 8.08. The summed E-state index contributed by atoms with van der Waals surface area (Å²) in [5.41, 5.74) is 13.1. The predicted molar refractivity (Wildman–Crippen MR) is 268 cm³/mol. The van der Waals surface area contributed by atoms with Gasteiger partial charge in [0.25, 0.3) is 0 Å². The highest BCUT2D eigenvalue weighted by Crippen LogP contribution is 2.35. The second kappa shape index (κ2) is 29.5. The number of rotatable bonds is 17. The lowest BCUT2D eigenvalue weighted by molar-refractivity contribution is 0.0388. The van der Waals surface area contributed by atoms with E-state index in [4.69, 9.17) is 38.8 Å². The van der Waals surface area contributed by atoms with Gasteiger partial charge in [0.05, 0.1) is 49.7 Å². The van der Waals surface area contributed by atoms with Crippen molar-refractivity contribution in [1.82, 2.24) is 9.80 Å². The zero-order valence-corrected chi connectivity index (χ0v) is 39.5. The molecular formula is C52H88N6O6. The molecule has 5 rings (SSSR count). The molecule has 0 aromatic heterocycles. The highest BCUT2D eigenvalue weighted by atomic mass is 16.5. The molecule has 0 aliphatic carbocycles. The second-order valence-corrected chi connectivity index (χ2v) is 18.7. The van der Waals surface area contributed by atoms with Crippen LogP contribution in [0.2, 0.25) is 0 Å². The molecule has 2 saturated heterocycles. The smallest absolute Gasteiger partial charge is 0.124 e. The molecule has 12 heteroatoms. The van der Waals surface area contributed by atoms with Crippen molar-refractivity contribution >= 4 is 5.69 Å². The van der Waals surface area contributed by atoms with E-state index in [-0.39, 0.29) is 36.8 Å². The Hall–Kier alpha value is -4.03. The molecule has 0 saturated carbocycles. The van der Waals surface area contributed by atoms with Gasteiger partial charge in [0.1, 0.15) is 30.4 Å². The highest BCUT2D eigenvalue weighted by Gasteiger charge is 2.28. The number of piperidine rings is 1. The van der Waals surface area contributed by atoms with Crippen molar-refractivity contribution in [1.29, 1.82) is 0 Å². The van der Waals surface area contributed by atoms with Crippen LogP contribution in [0.25, 0.3) is 10.4 Å². The van der Waals surface area contributed by atoms with Gasteiger partial charge in [-0.05, 0) is 88.7 Å². The molecule has 0 bridgehead atoms. The molecule has 0 unspecified atom stereocenters. The van der Waals surface area contributed by atoms with Gasteiger partial charge in [0.15, 0.2) is 0 Å². The summed E-state index contributed by atoms with van der Waals surface area (Å²) in [7, 11) is 0.943. The van der Waals surface area contributed by atoms with E-state index in [1.165, 1.54) is 68.0 Å². The first-order valence-electron chi connectivity index (χ1n) is 25.3. The van der Waals surface area contributed by atoms with Crippen LogP contribution in [0.15, 0.2) is 71.8 Å². The van der Waals surface area contributed by atoms with E-state index >= 15 is 0 Å². The highest BCUT2D eigenvalue weighted by molar-refractivity contribution is 5.55. The van der Waals surface area contributed by atoms with Crippen molar-refractivity contribution in [3.63, 3.8) is 0 Å². The number of piperazine rings is 1. The molecule has 0 spiro atoms. The summed E-state index contributed by atoms with van der Waals surface area (Å²) < 4.78 is 81.9. The molecule has 2 heterocycles. The largest absolute Gasteiger partial charge is 0.496 e. The van der Waals surface area contributed by atoms with Gasteiger partial charge in [-0.15, -0.1) is 0 Å². The van der Waals surface area contributed by atoms with Gasteiger partial charge in [-0.2, -0.15) is 0 Å². The second-order valence-electron chi connectivity index (χ2n) is 18.7. The Kier molecular flexibility index (Phi) is 21.4. The number of methoxy groups -OCH3 is 2. The molecular weight excluding hydrogens is 805 g/mol. The number of likely N-dealkylation sites (N-methyl/N-ethyl adjacent to an activating group) is 1. The molecule has 2 aliphatic heterocycles. The zero-order valence-electron chi connectivity index (χ0n) is 46.5. The van der Waals surface area contributed by atoms with Crippen LogP contribution in [0, 0.1) is 0 Å². The molecule has 0 radical (unpaired) electrons. The van der Waals surface area contributed by atoms with Crippen LogP contribution in [-0.2, 0) is 30.5 Å². The molecule has 0 atom stereocenters. The molecule has 0 N–H and O–H groups in total. The standard InChI is InChI=1S/C21H35N3O.C16H25N3O3.C13H20O2.2CH4/c1-21(2,3)19-7-6-18(16-20(19)25-5)23-10-8-17(9-11-23)24-14-12-22(4)13-15-24;1-16(2,3)14-4-6-15(7-5-14)22-13-12-21-11-10-20-9-8-18-19-17;1-13(2,3)11-5-7-12(8-6-11)15-10-9-14-4;;/h6-7,16-17H,8-15H2,1-5H3;4-7H,8-13H2,1-3H3;5-8H,9-10H2,1-4H3;2*1H4/i;;4D3,9D2,10D2;;. The van der Waals surface area contributed by atoms with E-state index in [0.717, 1.165) is 36.2 Å². The first-order chi connectivity index (χ1) is 32.1. The minimum atomic E-state index is -3.14. The van der Waals surface area contributed by atoms with Gasteiger partial charge in [0.2, 0.25) is 0 Å². The molecule has 2 aliphatic rings. The normalized spacial score (nSPS) is 17.2. The fourth-order valence-corrected chi connectivity index (χ4v) is 7.04. The number of anilines is 1. The molecule has 64 heavy (non-hydrogen) atoms.